The van der Waals surface area contributed by atoms with Crippen LogP contribution in [0.4, 0.5) is 0 Å². The maximum Gasteiger partial charge on any atom is 0.0334 e. The fraction of sp³-hybridized carbons (Fsp3) is 1.00. The summed E-state index contributed by atoms with van der Waals surface area (Å²) in [5, 5.41) is 0. The van der Waals surface area contributed by atoms with Crippen molar-refractivity contribution in [1.82, 2.24) is 4.90 Å². The van der Waals surface area contributed by atoms with Gasteiger partial charge in [0.05, 0.1) is 0 Å². The molecule has 1 aliphatic heterocycles. The number of rotatable bonds is 2. The molecule has 2 aliphatic carbocycles. The Kier molecular flexibility index (Phi) is 3.45. The molecule has 2 atom stereocenters. The van der Waals surface area contributed by atoms with Crippen LogP contribution in [0.15, 0.2) is 0 Å². The quantitative estimate of drug-likeness (QED) is 0.799. The number of nitrogens with zero attached hydrogens (tertiary/aromatic N) is 1. The molecule has 3 aliphatic rings. The summed E-state index contributed by atoms with van der Waals surface area (Å²) in [4.78, 5) is 2.88. The highest BCUT2D eigenvalue weighted by atomic mass is 15.2. The summed E-state index contributed by atoms with van der Waals surface area (Å²) in [5.74, 6) is 1.00. The zero-order valence-corrected chi connectivity index (χ0v) is 11.2. The van der Waals surface area contributed by atoms with Crippen molar-refractivity contribution >= 4 is 0 Å². The molecule has 0 bridgehead atoms. The van der Waals surface area contributed by atoms with Gasteiger partial charge in [-0.1, -0.05) is 25.7 Å². The van der Waals surface area contributed by atoms with Gasteiger partial charge in [0.25, 0.3) is 0 Å². The number of fused-ring (bicyclic) bond motifs is 1. The normalized spacial score (nSPS) is 37.9. The minimum Gasteiger partial charge on any atom is -0.329 e. The SMILES string of the molecule is NCC1(N2CCC[C@H]3CCCC[C@H]32)CCCC1. The van der Waals surface area contributed by atoms with Crippen LogP contribution in [0, 0.1) is 5.92 Å². The first kappa shape index (κ1) is 12.0. The Balaban J connectivity index is 1.79. The van der Waals surface area contributed by atoms with Gasteiger partial charge in [-0.2, -0.15) is 0 Å². The van der Waals surface area contributed by atoms with Crippen molar-refractivity contribution in [2.75, 3.05) is 13.1 Å². The van der Waals surface area contributed by atoms with E-state index in [1.807, 2.05) is 0 Å². The lowest BCUT2D eigenvalue weighted by Crippen LogP contribution is -2.60. The number of hydrogen-bond donors (Lipinski definition) is 1. The molecule has 0 amide bonds. The van der Waals surface area contributed by atoms with Gasteiger partial charge < -0.3 is 5.73 Å². The number of piperidine rings is 1. The molecule has 2 heteroatoms. The third-order valence-corrected chi connectivity index (χ3v) is 5.77. The van der Waals surface area contributed by atoms with Crippen LogP contribution in [-0.2, 0) is 0 Å². The van der Waals surface area contributed by atoms with E-state index in [4.69, 9.17) is 5.73 Å². The Bertz CT molecular complexity index is 256. The number of nitrogens with two attached hydrogens (primary N) is 1. The molecule has 17 heavy (non-hydrogen) atoms. The van der Waals surface area contributed by atoms with Crippen LogP contribution in [0.2, 0.25) is 0 Å². The highest BCUT2D eigenvalue weighted by Crippen LogP contribution is 2.43. The molecule has 0 aromatic carbocycles. The maximum absolute atomic E-state index is 6.18. The van der Waals surface area contributed by atoms with Gasteiger partial charge in [-0.3, -0.25) is 4.90 Å². The Hall–Kier alpha value is -0.0800. The summed E-state index contributed by atoms with van der Waals surface area (Å²) in [6.45, 7) is 2.23. The molecule has 2 N–H and O–H groups in total. The summed E-state index contributed by atoms with van der Waals surface area (Å²) in [6, 6.07) is 0.888. The van der Waals surface area contributed by atoms with E-state index in [0.717, 1.165) is 18.5 Å². The molecule has 2 saturated carbocycles. The van der Waals surface area contributed by atoms with Gasteiger partial charge in [-0.25, -0.2) is 0 Å². The third kappa shape index (κ3) is 2.04. The first-order valence-corrected chi connectivity index (χ1v) is 7.83. The minimum absolute atomic E-state index is 0.403. The first-order chi connectivity index (χ1) is 8.36. The van der Waals surface area contributed by atoms with E-state index < -0.39 is 0 Å². The van der Waals surface area contributed by atoms with Crippen LogP contribution in [0.5, 0.6) is 0 Å². The van der Waals surface area contributed by atoms with Gasteiger partial charge in [0.15, 0.2) is 0 Å². The summed E-state index contributed by atoms with van der Waals surface area (Å²) in [5.41, 5.74) is 6.58. The van der Waals surface area contributed by atoms with Crippen LogP contribution in [0.1, 0.15) is 64.2 Å². The monoisotopic (exact) mass is 236 g/mol. The average molecular weight is 236 g/mol. The van der Waals surface area contributed by atoms with Crippen LogP contribution in [-0.4, -0.2) is 29.6 Å². The van der Waals surface area contributed by atoms with E-state index in [1.54, 1.807) is 0 Å². The molecule has 0 unspecified atom stereocenters. The topological polar surface area (TPSA) is 29.3 Å². The van der Waals surface area contributed by atoms with E-state index in [1.165, 1.54) is 70.8 Å². The first-order valence-electron chi connectivity index (χ1n) is 7.83. The third-order valence-electron chi connectivity index (χ3n) is 5.77. The Morgan fingerprint density at radius 2 is 1.65 bits per heavy atom. The lowest BCUT2D eigenvalue weighted by Gasteiger charge is -2.52. The number of likely N-dealkylation sites (tertiary alicyclic amines) is 1. The average Bonchev–Trinajstić information content (AvgIpc) is 2.88. The van der Waals surface area contributed by atoms with Crippen LogP contribution >= 0.6 is 0 Å². The zero-order valence-electron chi connectivity index (χ0n) is 11.2. The van der Waals surface area contributed by atoms with E-state index >= 15 is 0 Å². The Morgan fingerprint density at radius 3 is 2.41 bits per heavy atom. The van der Waals surface area contributed by atoms with Gasteiger partial charge in [-0.15, -0.1) is 0 Å². The molecule has 98 valence electrons. The second kappa shape index (κ2) is 4.89. The van der Waals surface area contributed by atoms with Crippen molar-refractivity contribution in [3.8, 4) is 0 Å². The largest absolute Gasteiger partial charge is 0.329 e. The van der Waals surface area contributed by atoms with Crippen molar-refractivity contribution in [3.63, 3.8) is 0 Å². The summed E-state index contributed by atoms with van der Waals surface area (Å²) < 4.78 is 0. The minimum atomic E-state index is 0.403. The molecule has 1 heterocycles. The van der Waals surface area contributed by atoms with Crippen molar-refractivity contribution in [2.45, 2.75) is 75.8 Å². The van der Waals surface area contributed by atoms with E-state index in [2.05, 4.69) is 4.90 Å². The van der Waals surface area contributed by atoms with Crippen LogP contribution in [0.3, 0.4) is 0 Å². The van der Waals surface area contributed by atoms with Gasteiger partial charge in [-0.05, 0) is 51.0 Å². The fourth-order valence-electron chi connectivity index (χ4n) is 4.86. The number of hydrogen-bond acceptors (Lipinski definition) is 2. The molecule has 0 radical (unpaired) electrons. The second-order valence-corrected chi connectivity index (χ2v) is 6.58. The standard InChI is InChI=1S/C15H28N2/c16-12-15(9-3-4-10-15)17-11-5-7-13-6-1-2-8-14(13)17/h13-14H,1-12,16H2/t13-,14-/m1/s1. The predicted octanol–water partition coefficient (Wildman–Crippen LogP) is 2.91. The molecule has 1 saturated heterocycles. The summed E-state index contributed by atoms with van der Waals surface area (Å²) in [7, 11) is 0. The van der Waals surface area contributed by atoms with Gasteiger partial charge in [0, 0.05) is 18.1 Å². The van der Waals surface area contributed by atoms with Gasteiger partial charge >= 0.3 is 0 Å². The molecular formula is C15H28N2. The lowest BCUT2D eigenvalue weighted by molar-refractivity contribution is -0.0228. The van der Waals surface area contributed by atoms with E-state index in [-0.39, 0.29) is 0 Å². The lowest BCUT2D eigenvalue weighted by atomic mass is 9.75. The fourth-order valence-corrected chi connectivity index (χ4v) is 4.86. The van der Waals surface area contributed by atoms with Crippen LogP contribution in [0.25, 0.3) is 0 Å². The van der Waals surface area contributed by atoms with Crippen molar-refractivity contribution < 1.29 is 0 Å². The summed E-state index contributed by atoms with van der Waals surface area (Å²) >= 11 is 0. The van der Waals surface area contributed by atoms with Crippen molar-refractivity contribution in [2.24, 2.45) is 11.7 Å². The highest BCUT2D eigenvalue weighted by molar-refractivity contribution is 5.01. The smallest absolute Gasteiger partial charge is 0.0334 e. The zero-order chi connectivity index (χ0) is 11.7. The van der Waals surface area contributed by atoms with E-state index in [9.17, 15) is 0 Å². The molecule has 0 spiro atoms. The van der Waals surface area contributed by atoms with Crippen LogP contribution < -0.4 is 5.73 Å². The molecule has 3 fully saturated rings. The van der Waals surface area contributed by atoms with Crippen molar-refractivity contribution in [1.29, 1.82) is 0 Å². The second-order valence-electron chi connectivity index (χ2n) is 6.58. The maximum atomic E-state index is 6.18. The Labute approximate surface area is 106 Å². The molecule has 0 aromatic heterocycles. The molecular weight excluding hydrogens is 208 g/mol. The molecule has 3 rings (SSSR count). The van der Waals surface area contributed by atoms with E-state index in [0.29, 0.717) is 5.54 Å². The summed E-state index contributed by atoms with van der Waals surface area (Å²) in [6.07, 6.45) is 14.3. The predicted molar refractivity (Wildman–Crippen MR) is 71.9 cm³/mol. The van der Waals surface area contributed by atoms with Crippen molar-refractivity contribution in [3.05, 3.63) is 0 Å². The Morgan fingerprint density at radius 1 is 0.941 bits per heavy atom. The molecule has 2 nitrogen and oxygen atoms in total. The highest BCUT2D eigenvalue weighted by Gasteiger charge is 2.45. The molecule has 0 aromatic rings. The van der Waals surface area contributed by atoms with Gasteiger partial charge in [0.1, 0.15) is 0 Å². The van der Waals surface area contributed by atoms with Gasteiger partial charge in [0.2, 0.25) is 0 Å².